The average Bonchev–Trinajstić information content (AvgIpc) is 2.85. The van der Waals surface area contributed by atoms with Gasteiger partial charge in [0.25, 0.3) is 17.7 Å². The molecule has 3 aromatic rings. The van der Waals surface area contributed by atoms with E-state index in [-0.39, 0.29) is 18.4 Å². The first-order valence-corrected chi connectivity index (χ1v) is 11.1. The van der Waals surface area contributed by atoms with Crippen molar-refractivity contribution < 1.29 is 19.1 Å². The van der Waals surface area contributed by atoms with Crippen LogP contribution in [0.3, 0.4) is 0 Å². The number of rotatable bonds is 8. The zero-order valence-electron chi connectivity index (χ0n) is 19.5. The van der Waals surface area contributed by atoms with Gasteiger partial charge in [-0.2, -0.15) is 0 Å². The number of hydrogen-bond donors (Lipinski definition) is 3. The summed E-state index contributed by atoms with van der Waals surface area (Å²) in [6, 6.07) is 23.4. The van der Waals surface area contributed by atoms with Crippen LogP contribution >= 0.6 is 0 Å². The molecule has 0 aliphatic carbocycles. The van der Waals surface area contributed by atoms with Crippen molar-refractivity contribution >= 4 is 17.7 Å². The van der Waals surface area contributed by atoms with E-state index < -0.39 is 17.9 Å². The van der Waals surface area contributed by atoms with Crippen LogP contribution in [0.4, 0.5) is 0 Å². The Kier molecular flexibility index (Phi) is 8.40. The van der Waals surface area contributed by atoms with E-state index in [1.807, 2.05) is 81.4 Å². The molecule has 0 aromatic heterocycles. The smallest absolute Gasteiger partial charge is 0.276 e. The molecular formula is C27H29N3O4. The summed E-state index contributed by atoms with van der Waals surface area (Å²) in [6.07, 6.45) is 0. The molecule has 176 valence electrons. The minimum atomic E-state index is -0.827. The van der Waals surface area contributed by atoms with Crippen molar-refractivity contribution in [2.24, 2.45) is 5.92 Å². The summed E-state index contributed by atoms with van der Waals surface area (Å²) in [5, 5.41) is 2.75. The molecule has 0 unspecified atom stereocenters. The molecule has 0 fully saturated rings. The molecule has 0 aliphatic heterocycles. The van der Waals surface area contributed by atoms with Gasteiger partial charge in [0.05, 0.1) is 0 Å². The minimum Gasteiger partial charge on any atom is -0.483 e. The minimum absolute atomic E-state index is 0.195. The van der Waals surface area contributed by atoms with Crippen LogP contribution in [0.2, 0.25) is 0 Å². The maximum atomic E-state index is 12.7. The number of hydrazine groups is 1. The molecular weight excluding hydrogens is 430 g/mol. The van der Waals surface area contributed by atoms with Gasteiger partial charge in [-0.3, -0.25) is 25.2 Å². The van der Waals surface area contributed by atoms with E-state index in [2.05, 4.69) is 16.2 Å². The first-order chi connectivity index (χ1) is 16.4. The Bertz CT molecular complexity index is 1150. The Morgan fingerprint density at radius 1 is 0.824 bits per heavy atom. The van der Waals surface area contributed by atoms with Gasteiger partial charge in [-0.1, -0.05) is 80.6 Å². The Hall–Kier alpha value is -4.13. The van der Waals surface area contributed by atoms with Gasteiger partial charge in [-0.05, 0) is 36.1 Å². The zero-order valence-corrected chi connectivity index (χ0v) is 19.5. The molecule has 7 heteroatoms. The van der Waals surface area contributed by atoms with Gasteiger partial charge in [0.2, 0.25) is 0 Å². The van der Waals surface area contributed by atoms with Crippen LogP contribution in [0.15, 0.2) is 78.9 Å². The number of benzene rings is 3. The van der Waals surface area contributed by atoms with Gasteiger partial charge in [-0.25, -0.2) is 0 Å². The lowest BCUT2D eigenvalue weighted by atomic mass is 10.0. The van der Waals surface area contributed by atoms with Gasteiger partial charge in [0.15, 0.2) is 6.61 Å². The Morgan fingerprint density at radius 3 is 2.18 bits per heavy atom. The van der Waals surface area contributed by atoms with Crippen LogP contribution in [0.1, 0.15) is 29.8 Å². The molecule has 0 bridgehead atoms. The van der Waals surface area contributed by atoms with Crippen LogP contribution in [-0.4, -0.2) is 30.4 Å². The highest BCUT2D eigenvalue weighted by Crippen LogP contribution is 2.29. The monoisotopic (exact) mass is 459 g/mol. The third-order valence-electron chi connectivity index (χ3n) is 5.28. The predicted molar refractivity (Wildman–Crippen MR) is 131 cm³/mol. The van der Waals surface area contributed by atoms with E-state index in [1.165, 1.54) is 0 Å². The molecule has 0 spiro atoms. The number of carbonyl (C=O) groups excluding carboxylic acids is 3. The maximum absolute atomic E-state index is 12.7. The van der Waals surface area contributed by atoms with Crippen LogP contribution in [0, 0.1) is 12.8 Å². The third-order valence-corrected chi connectivity index (χ3v) is 5.28. The van der Waals surface area contributed by atoms with E-state index in [9.17, 15) is 14.4 Å². The number of carbonyl (C=O) groups is 3. The molecule has 3 rings (SSSR count). The fourth-order valence-electron chi connectivity index (χ4n) is 3.42. The second-order valence-electron chi connectivity index (χ2n) is 8.20. The highest BCUT2D eigenvalue weighted by molar-refractivity contribution is 5.98. The summed E-state index contributed by atoms with van der Waals surface area (Å²) < 4.78 is 5.70. The van der Waals surface area contributed by atoms with Crippen molar-refractivity contribution in [2.45, 2.75) is 26.8 Å². The van der Waals surface area contributed by atoms with Gasteiger partial charge in [0.1, 0.15) is 11.8 Å². The highest BCUT2D eigenvalue weighted by atomic mass is 16.5. The van der Waals surface area contributed by atoms with E-state index in [0.717, 1.165) is 16.7 Å². The quantitative estimate of drug-likeness (QED) is 0.448. The molecule has 3 aromatic carbocycles. The molecule has 34 heavy (non-hydrogen) atoms. The topological polar surface area (TPSA) is 96.5 Å². The van der Waals surface area contributed by atoms with Crippen LogP contribution in [0.5, 0.6) is 5.75 Å². The fourth-order valence-corrected chi connectivity index (χ4v) is 3.42. The number of aryl methyl sites for hydroxylation is 1. The average molecular weight is 460 g/mol. The second-order valence-corrected chi connectivity index (χ2v) is 8.20. The molecule has 0 saturated carbocycles. The van der Waals surface area contributed by atoms with Crippen LogP contribution in [-0.2, 0) is 9.59 Å². The molecule has 0 aliphatic rings. The maximum Gasteiger partial charge on any atom is 0.276 e. The molecule has 0 saturated heterocycles. The van der Waals surface area contributed by atoms with Crippen molar-refractivity contribution in [2.75, 3.05) is 6.61 Å². The standard InChI is InChI=1S/C27H29N3O4/c1-18(2)25(28-26(32)21-14-8-7-11-19(21)3)27(33)30-29-24(31)17-34-23-16-10-9-15-22(23)20-12-5-4-6-13-20/h4-16,18,25H,17H2,1-3H3,(H,28,32)(H,29,31)(H,30,33)/t25-/m0/s1. The van der Waals surface area contributed by atoms with Crippen molar-refractivity contribution in [1.29, 1.82) is 0 Å². The molecule has 3 N–H and O–H groups in total. The van der Waals surface area contributed by atoms with Crippen LogP contribution < -0.4 is 20.9 Å². The van der Waals surface area contributed by atoms with Crippen LogP contribution in [0.25, 0.3) is 11.1 Å². The number of nitrogens with one attached hydrogen (secondary N) is 3. The number of ether oxygens (including phenoxy) is 1. The Labute approximate surface area is 199 Å². The first-order valence-electron chi connectivity index (χ1n) is 11.1. The predicted octanol–water partition coefficient (Wildman–Crippen LogP) is 3.64. The lowest BCUT2D eigenvalue weighted by Crippen LogP contribution is -2.55. The van der Waals surface area contributed by atoms with Gasteiger partial charge >= 0.3 is 0 Å². The zero-order chi connectivity index (χ0) is 24.5. The molecule has 0 heterocycles. The Balaban J connectivity index is 1.55. The second kappa shape index (κ2) is 11.7. The number of amides is 3. The van der Waals surface area contributed by atoms with Gasteiger partial charge < -0.3 is 10.1 Å². The van der Waals surface area contributed by atoms with Crippen molar-refractivity contribution in [3.8, 4) is 16.9 Å². The highest BCUT2D eigenvalue weighted by Gasteiger charge is 2.25. The molecule has 7 nitrogen and oxygen atoms in total. The molecule has 0 radical (unpaired) electrons. The van der Waals surface area contributed by atoms with Gasteiger partial charge in [-0.15, -0.1) is 0 Å². The first kappa shape index (κ1) is 24.5. The summed E-state index contributed by atoms with van der Waals surface area (Å²) in [6.45, 7) is 5.17. The van der Waals surface area contributed by atoms with Gasteiger partial charge in [0, 0.05) is 11.1 Å². The van der Waals surface area contributed by atoms with E-state index in [4.69, 9.17) is 4.74 Å². The summed E-state index contributed by atoms with van der Waals surface area (Å²) in [5.74, 6) is -1.03. The number of para-hydroxylation sites is 1. The van der Waals surface area contributed by atoms with Crippen molar-refractivity contribution in [3.05, 3.63) is 90.0 Å². The number of hydrogen-bond acceptors (Lipinski definition) is 4. The third kappa shape index (κ3) is 6.45. The fraction of sp³-hybridized carbons (Fsp3) is 0.222. The van der Waals surface area contributed by atoms with E-state index in [1.54, 1.807) is 18.2 Å². The summed E-state index contributed by atoms with van der Waals surface area (Å²) in [7, 11) is 0. The van der Waals surface area contributed by atoms with E-state index >= 15 is 0 Å². The molecule has 3 amide bonds. The van der Waals surface area contributed by atoms with E-state index in [0.29, 0.717) is 11.3 Å². The van der Waals surface area contributed by atoms with Crippen molar-refractivity contribution in [1.82, 2.24) is 16.2 Å². The summed E-state index contributed by atoms with van der Waals surface area (Å²) in [5.41, 5.74) is 7.88. The lowest BCUT2D eigenvalue weighted by Gasteiger charge is -2.22. The lowest BCUT2D eigenvalue weighted by molar-refractivity contribution is -0.131. The SMILES string of the molecule is Cc1ccccc1C(=O)N[C@H](C(=O)NNC(=O)COc1ccccc1-c1ccccc1)C(C)C. The molecule has 1 atom stereocenters. The Morgan fingerprint density at radius 2 is 1.47 bits per heavy atom. The summed E-state index contributed by atoms with van der Waals surface area (Å²) >= 11 is 0. The normalized spacial score (nSPS) is 11.4. The van der Waals surface area contributed by atoms with Crippen molar-refractivity contribution in [3.63, 3.8) is 0 Å². The largest absolute Gasteiger partial charge is 0.483 e. The summed E-state index contributed by atoms with van der Waals surface area (Å²) in [4.78, 5) is 37.6.